The molecule has 1 aromatic heterocycles. The molecule has 2 heterocycles. The van der Waals surface area contributed by atoms with Crippen molar-refractivity contribution >= 4 is 53.2 Å². The molecule has 4 nitrogen and oxygen atoms in total. The number of nitrogens with zero attached hydrogens (tertiary/aromatic N) is 2. The van der Waals surface area contributed by atoms with Gasteiger partial charge < -0.3 is 4.90 Å². The molecule has 19 heavy (non-hydrogen) atoms. The molecule has 1 aliphatic rings. The topological polar surface area (TPSA) is 40.6 Å². The zero-order chi connectivity index (χ0) is 13.9. The van der Waals surface area contributed by atoms with Crippen LogP contribution >= 0.6 is 43.2 Å². The van der Waals surface area contributed by atoms with Gasteiger partial charge in [-0.1, -0.05) is 15.9 Å². The molecule has 0 radical (unpaired) electrons. The van der Waals surface area contributed by atoms with E-state index in [1.165, 1.54) is 11.3 Å². The SMILES string of the molecule is O=S(=O)(c1ccc(Br)s1)N1CCCN(CCBr)CC1. The monoisotopic (exact) mass is 430 g/mol. The Balaban J connectivity index is 2.09. The summed E-state index contributed by atoms with van der Waals surface area (Å²) in [7, 11) is -3.32. The predicted octanol–water partition coefficient (Wildman–Crippen LogP) is 2.60. The van der Waals surface area contributed by atoms with Crippen LogP contribution in [0.2, 0.25) is 0 Å². The molecule has 0 saturated carbocycles. The van der Waals surface area contributed by atoms with E-state index in [4.69, 9.17) is 0 Å². The Morgan fingerprint density at radius 2 is 2.00 bits per heavy atom. The highest BCUT2D eigenvalue weighted by atomic mass is 79.9. The van der Waals surface area contributed by atoms with E-state index in [-0.39, 0.29) is 0 Å². The molecule has 0 aromatic carbocycles. The minimum absolute atomic E-state index is 0.424. The molecule has 0 spiro atoms. The first kappa shape index (κ1) is 15.9. The molecule has 0 bridgehead atoms. The lowest BCUT2D eigenvalue weighted by molar-refractivity contribution is 0.305. The first-order valence-corrected chi connectivity index (χ1v) is 10.2. The lowest BCUT2D eigenvalue weighted by Crippen LogP contribution is -2.35. The Bertz CT molecular complexity index is 519. The maximum atomic E-state index is 12.5. The van der Waals surface area contributed by atoms with Crippen LogP contribution in [0, 0.1) is 0 Å². The number of thiophene rings is 1. The van der Waals surface area contributed by atoms with Crippen LogP contribution in [0.1, 0.15) is 6.42 Å². The average molecular weight is 432 g/mol. The first-order valence-electron chi connectivity index (χ1n) is 6.08. The first-order chi connectivity index (χ1) is 9.04. The summed E-state index contributed by atoms with van der Waals surface area (Å²) in [6.07, 6.45) is 0.888. The van der Waals surface area contributed by atoms with Crippen LogP contribution in [0.3, 0.4) is 0 Å². The Hall–Kier alpha value is 0.530. The van der Waals surface area contributed by atoms with Crippen molar-refractivity contribution in [1.82, 2.24) is 9.21 Å². The fraction of sp³-hybridized carbons (Fsp3) is 0.636. The maximum Gasteiger partial charge on any atom is 0.252 e. The van der Waals surface area contributed by atoms with Crippen molar-refractivity contribution < 1.29 is 8.42 Å². The second-order valence-corrected chi connectivity index (χ2v) is 9.77. The summed E-state index contributed by atoms with van der Waals surface area (Å²) in [6, 6.07) is 3.46. The van der Waals surface area contributed by atoms with E-state index in [0.29, 0.717) is 17.3 Å². The van der Waals surface area contributed by atoms with Crippen molar-refractivity contribution in [3.63, 3.8) is 0 Å². The van der Waals surface area contributed by atoms with Gasteiger partial charge in [0.1, 0.15) is 4.21 Å². The second-order valence-electron chi connectivity index (χ2n) is 4.35. The third kappa shape index (κ3) is 4.01. The molecule has 1 aliphatic heterocycles. The van der Waals surface area contributed by atoms with Crippen LogP contribution in [-0.2, 0) is 10.0 Å². The van der Waals surface area contributed by atoms with Gasteiger partial charge in [0, 0.05) is 31.5 Å². The summed E-state index contributed by atoms with van der Waals surface area (Å²) in [4.78, 5) is 2.30. The van der Waals surface area contributed by atoms with Crippen molar-refractivity contribution in [2.45, 2.75) is 10.6 Å². The maximum absolute atomic E-state index is 12.5. The summed E-state index contributed by atoms with van der Waals surface area (Å²) in [6.45, 7) is 3.92. The third-order valence-electron chi connectivity index (χ3n) is 3.09. The van der Waals surface area contributed by atoms with Gasteiger partial charge in [0.25, 0.3) is 10.0 Å². The van der Waals surface area contributed by atoms with Crippen LogP contribution < -0.4 is 0 Å². The van der Waals surface area contributed by atoms with Crippen LogP contribution in [-0.4, -0.2) is 55.7 Å². The van der Waals surface area contributed by atoms with Crippen LogP contribution in [0.15, 0.2) is 20.1 Å². The fourth-order valence-corrected chi connectivity index (χ4v) is 6.23. The minimum atomic E-state index is -3.32. The molecule has 1 aromatic rings. The molecule has 1 fully saturated rings. The molecule has 108 valence electrons. The fourth-order valence-electron chi connectivity index (χ4n) is 2.09. The van der Waals surface area contributed by atoms with Gasteiger partial charge in [0.2, 0.25) is 0 Å². The van der Waals surface area contributed by atoms with Crippen molar-refractivity contribution in [3.05, 3.63) is 15.9 Å². The summed E-state index contributed by atoms with van der Waals surface area (Å²) in [5, 5.41) is 0.928. The van der Waals surface area contributed by atoms with Crippen LogP contribution in [0.25, 0.3) is 0 Å². The molecule has 0 aliphatic carbocycles. The predicted molar refractivity (Wildman–Crippen MR) is 85.6 cm³/mol. The summed E-state index contributed by atoms with van der Waals surface area (Å²) in [5.41, 5.74) is 0. The highest BCUT2D eigenvalue weighted by Crippen LogP contribution is 2.28. The largest absolute Gasteiger partial charge is 0.301 e. The molecule has 0 N–H and O–H groups in total. The number of halogens is 2. The standard InChI is InChI=1S/C11H16Br2N2O2S2/c12-4-7-14-5-1-6-15(9-8-14)19(16,17)11-3-2-10(13)18-11/h2-3H,1,4-9H2. The van der Waals surface area contributed by atoms with Gasteiger partial charge in [0.15, 0.2) is 0 Å². The molecule has 1 saturated heterocycles. The molecule has 8 heteroatoms. The number of alkyl halides is 1. The zero-order valence-electron chi connectivity index (χ0n) is 10.4. The van der Waals surface area contributed by atoms with Gasteiger partial charge in [-0.15, -0.1) is 11.3 Å². The number of rotatable bonds is 4. The molecule has 0 atom stereocenters. The van der Waals surface area contributed by atoms with Crippen molar-refractivity contribution in [2.75, 3.05) is 38.1 Å². The van der Waals surface area contributed by atoms with Gasteiger partial charge in [0.05, 0.1) is 3.79 Å². The molecular weight excluding hydrogens is 416 g/mol. The van der Waals surface area contributed by atoms with E-state index in [1.807, 2.05) is 0 Å². The van der Waals surface area contributed by atoms with Gasteiger partial charge in [-0.25, -0.2) is 8.42 Å². The smallest absolute Gasteiger partial charge is 0.252 e. The van der Waals surface area contributed by atoms with Crippen molar-refractivity contribution in [2.24, 2.45) is 0 Å². The van der Waals surface area contributed by atoms with Crippen LogP contribution in [0.5, 0.6) is 0 Å². The van der Waals surface area contributed by atoms with E-state index in [9.17, 15) is 8.42 Å². The van der Waals surface area contributed by atoms with E-state index in [0.717, 1.165) is 35.2 Å². The molecule has 0 unspecified atom stereocenters. The number of sulfonamides is 1. The normalized spacial score (nSPS) is 19.5. The van der Waals surface area contributed by atoms with Crippen LogP contribution in [0.4, 0.5) is 0 Å². The van der Waals surface area contributed by atoms with Gasteiger partial charge in [-0.3, -0.25) is 0 Å². The van der Waals surface area contributed by atoms with E-state index >= 15 is 0 Å². The summed E-state index contributed by atoms with van der Waals surface area (Å²) in [5.74, 6) is 0. The Labute approximate surface area is 135 Å². The Kier molecular flexibility index (Phi) is 5.86. The highest BCUT2D eigenvalue weighted by molar-refractivity contribution is 9.11. The minimum Gasteiger partial charge on any atom is -0.301 e. The lowest BCUT2D eigenvalue weighted by Gasteiger charge is -2.20. The third-order valence-corrected chi connectivity index (χ3v) is 7.44. The molecule has 2 rings (SSSR count). The lowest BCUT2D eigenvalue weighted by atomic mass is 10.4. The van der Waals surface area contributed by atoms with E-state index < -0.39 is 10.0 Å². The molecule has 0 amide bonds. The van der Waals surface area contributed by atoms with Gasteiger partial charge in [-0.05, 0) is 41.0 Å². The van der Waals surface area contributed by atoms with E-state index in [2.05, 4.69) is 36.8 Å². The summed E-state index contributed by atoms with van der Waals surface area (Å²) >= 11 is 8.02. The van der Waals surface area contributed by atoms with Gasteiger partial charge >= 0.3 is 0 Å². The van der Waals surface area contributed by atoms with Crippen molar-refractivity contribution in [1.29, 1.82) is 0 Å². The average Bonchev–Trinajstić information content (AvgIpc) is 2.66. The van der Waals surface area contributed by atoms with Crippen molar-refractivity contribution in [3.8, 4) is 0 Å². The Morgan fingerprint density at radius 3 is 2.63 bits per heavy atom. The number of hydrogen-bond acceptors (Lipinski definition) is 4. The quantitative estimate of drug-likeness (QED) is 0.688. The van der Waals surface area contributed by atoms with Gasteiger partial charge in [-0.2, -0.15) is 4.31 Å². The Morgan fingerprint density at radius 1 is 1.21 bits per heavy atom. The zero-order valence-corrected chi connectivity index (χ0v) is 15.2. The highest BCUT2D eigenvalue weighted by Gasteiger charge is 2.27. The summed E-state index contributed by atoms with van der Waals surface area (Å²) < 4.78 is 27.9. The second kappa shape index (κ2) is 7.00. The number of hydrogen-bond donors (Lipinski definition) is 0. The van der Waals surface area contributed by atoms with E-state index in [1.54, 1.807) is 16.4 Å². The molecular formula is C11H16Br2N2O2S2.